The molecule has 26 heavy (non-hydrogen) atoms. The minimum absolute atomic E-state index is 0. The van der Waals surface area contributed by atoms with Crippen molar-refractivity contribution in [3.8, 4) is 17.6 Å². The molecule has 0 heterocycles. The molecular formula is C19H23IN4O2. The zero-order chi connectivity index (χ0) is 17.9. The van der Waals surface area contributed by atoms with Crippen LogP contribution in [0.5, 0.6) is 11.5 Å². The van der Waals surface area contributed by atoms with Crippen LogP contribution < -0.4 is 20.1 Å². The Bertz CT molecular complexity index is 725. The average molecular weight is 466 g/mol. The topological polar surface area (TPSA) is 78.7 Å². The molecule has 0 radical (unpaired) electrons. The number of aliphatic imine (C=N–C) groups is 1. The quantitative estimate of drug-likeness (QED) is 0.284. The SMILES string of the molecule is CN=C(NCCOc1ccc(OC)cc1)NCc1ccc(C#N)cc1.I. The van der Waals surface area contributed by atoms with Crippen molar-refractivity contribution in [2.45, 2.75) is 6.54 Å². The molecule has 0 aliphatic carbocycles. The lowest BCUT2D eigenvalue weighted by Gasteiger charge is -2.13. The van der Waals surface area contributed by atoms with E-state index < -0.39 is 0 Å². The van der Waals surface area contributed by atoms with Crippen LogP contribution in [0.4, 0.5) is 0 Å². The van der Waals surface area contributed by atoms with Crippen LogP contribution in [0.15, 0.2) is 53.5 Å². The van der Waals surface area contributed by atoms with Crippen LogP contribution in [-0.4, -0.2) is 33.3 Å². The number of rotatable bonds is 7. The molecular weight excluding hydrogens is 443 g/mol. The molecule has 0 amide bonds. The Kier molecular flexibility index (Phi) is 9.94. The van der Waals surface area contributed by atoms with Crippen molar-refractivity contribution >= 4 is 29.9 Å². The first-order valence-corrected chi connectivity index (χ1v) is 7.95. The minimum Gasteiger partial charge on any atom is -0.497 e. The largest absolute Gasteiger partial charge is 0.497 e. The molecule has 0 bridgehead atoms. The van der Waals surface area contributed by atoms with Gasteiger partial charge in [0.25, 0.3) is 0 Å². The molecule has 7 heteroatoms. The van der Waals surface area contributed by atoms with Crippen LogP contribution >= 0.6 is 24.0 Å². The normalized spacial score (nSPS) is 10.3. The third-order valence-corrected chi connectivity index (χ3v) is 3.49. The van der Waals surface area contributed by atoms with E-state index in [4.69, 9.17) is 14.7 Å². The summed E-state index contributed by atoms with van der Waals surface area (Å²) in [7, 11) is 3.36. The molecule has 0 unspecified atom stereocenters. The number of benzene rings is 2. The number of nitrogens with zero attached hydrogens (tertiary/aromatic N) is 2. The number of nitrogens with one attached hydrogen (secondary N) is 2. The fourth-order valence-corrected chi connectivity index (χ4v) is 2.11. The molecule has 0 spiro atoms. The van der Waals surface area contributed by atoms with E-state index in [2.05, 4.69) is 21.7 Å². The number of hydrogen-bond acceptors (Lipinski definition) is 4. The Hall–Kier alpha value is -2.47. The van der Waals surface area contributed by atoms with Crippen molar-refractivity contribution in [1.29, 1.82) is 5.26 Å². The fraction of sp³-hybridized carbons (Fsp3) is 0.263. The molecule has 0 aliphatic rings. The van der Waals surface area contributed by atoms with E-state index in [1.807, 2.05) is 36.4 Å². The van der Waals surface area contributed by atoms with E-state index in [0.29, 0.717) is 31.2 Å². The zero-order valence-electron chi connectivity index (χ0n) is 14.9. The van der Waals surface area contributed by atoms with Gasteiger partial charge in [0.1, 0.15) is 18.1 Å². The van der Waals surface area contributed by atoms with Gasteiger partial charge in [-0.25, -0.2) is 0 Å². The first kappa shape index (κ1) is 21.6. The number of nitriles is 1. The molecule has 0 fully saturated rings. The molecule has 2 N–H and O–H groups in total. The summed E-state index contributed by atoms with van der Waals surface area (Å²) in [6.07, 6.45) is 0. The van der Waals surface area contributed by atoms with Crippen molar-refractivity contribution in [3.63, 3.8) is 0 Å². The van der Waals surface area contributed by atoms with Gasteiger partial charge in [0.2, 0.25) is 0 Å². The molecule has 138 valence electrons. The summed E-state index contributed by atoms with van der Waals surface area (Å²) in [5, 5.41) is 15.2. The van der Waals surface area contributed by atoms with E-state index in [9.17, 15) is 0 Å². The highest BCUT2D eigenvalue weighted by molar-refractivity contribution is 14.0. The molecule has 2 rings (SSSR count). The lowest BCUT2D eigenvalue weighted by molar-refractivity contribution is 0.321. The van der Waals surface area contributed by atoms with Gasteiger partial charge >= 0.3 is 0 Å². The van der Waals surface area contributed by atoms with Crippen molar-refractivity contribution in [3.05, 3.63) is 59.7 Å². The summed E-state index contributed by atoms with van der Waals surface area (Å²) >= 11 is 0. The van der Waals surface area contributed by atoms with E-state index in [1.165, 1.54) is 0 Å². The monoisotopic (exact) mass is 466 g/mol. The molecule has 0 saturated heterocycles. The second-order valence-electron chi connectivity index (χ2n) is 5.19. The van der Waals surface area contributed by atoms with E-state index in [0.717, 1.165) is 17.1 Å². The van der Waals surface area contributed by atoms with Crippen LogP contribution in [0.1, 0.15) is 11.1 Å². The minimum atomic E-state index is 0. The molecule has 2 aromatic carbocycles. The van der Waals surface area contributed by atoms with E-state index >= 15 is 0 Å². The van der Waals surface area contributed by atoms with Crippen LogP contribution in [0.3, 0.4) is 0 Å². The van der Waals surface area contributed by atoms with Gasteiger partial charge in [-0.3, -0.25) is 4.99 Å². The van der Waals surface area contributed by atoms with Crippen LogP contribution in [0.2, 0.25) is 0 Å². The Morgan fingerprint density at radius 3 is 2.27 bits per heavy atom. The predicted octanol–water partition coefficient (Wildman–Crippen LogP) is 2.93. The summed E-state index contributed by atoms with van der Waals surface area (Å²) in [6, 6.07) is 17.0. The van der Waals surface area contributed by atoms with Gasteiger partial charge in [0.05, 0.1) is 25.3 Å². The third-order valence-electron chi connectivity index (χ3n) is 3.49. The zero-order valence-corrected chi connectivity index (χ0v) is 17.2. The lowest BCUT2D eigenvalue weighted by Crippen LogP contribution is -2.38. The second-order valence-corrected chi connectivity index (χ2v) is 5.19. The Balaban J connectivity index is 0.00000338. The Labute approximate surface area is 171 Å². The predicted molar refractivity (Wildman–Crippen MR) is 113 cm³/mol. The molecule has 2 aromatic rings. The van der Waals surface area contributed by atoms with Gasteiger partial charge in [-0.15, -0.1) is 24.0 Å². The van der Waals surface area contributed by atoms with Crippen LogP contribution in [0.25, 0.3) is 0 Å². The molecule has 0 aliphatic heterocycles. The van der Waals surface area contributed by atoms with E-state index in [-0.39, 0.29) is 24.0 Å². The third kappa shape index (κ3) is 7.19. The van der Waals surface area contributed by atoms with E-state index in [1.54, 1.807) is 26.3 Å². The molecule has 0 saturated carbocycles. The average Bonchev–Trinajstić information content (AvgIpc) is 2.68. The van der Waals surface area contributed by atoms with Gasteiger partial charge in [-0.2, -0.15) is 5.26 Å². The summed E-state index contributed by atoms with van der Waals surface area (Å²) in [5.41, 5.74) is 1.73. The first-order valence-electron chi connectivity index (χ1n) is 7.95. The Morgan fingerprint density at radius 2 is 1.69 bits per heavy atom. The first-order chi connectivity index (χ1) is 12.2. The van der Waals surface area contributed by atoms with Gasteiger partial charge in [-0.1, -0.05) is 12.1 Å². The maximum atomic E-state index is 8.80. The van der Waals surface area contributed by atoms with Gasteiger partial charge < -0.3 is 20.1 Å². The Morgan fingerprint density at radius 1 is 1.04 bits per heavy atom. The van der Waals surface area contributed by atoms with Crippen LogP contribution in [0, 0.1) is 11.3 Å². The lowest BCUT2D eigenvalue weighted by atomic mass is 10.1. The molecule has 0 atom stereocenters. The second kappa shape index (κ2) is 12.0. The maximum absolute atomic E-state index is 8.80. The highest BCUT2D eigenvalue weighted by atomic mass is 127. The fourth-order valence-electron chi connectivity index (χ4n) is 2.11. The van der Waals surface area contributed by atoms with Crippen molar-refractivity contribution < 1.29 is 9.47 Å². The summed E-state index contributed by atoms with van der Waals surface area (Å²) in [4.78, 5) is 4.17. The molecule has 0 aromatic heterocycles. The summed E-state index contributed by atoms with van der Waals surface area (Å²) in [5.74, 6) is 2.30. The van der Waals surface area contributed by atoms with Crippen molar-refractivity contribution in [1.82, 2.24) is 10.6 Å². The number of methoxy groups -OCH3 is 1. The number of halogens is 1. The van der Waals surface area contributed by atoms with Crippen LogP contribution in [-0.2, 0) is 6.54 Å². The summed E-state index contributed by atoms with van der Waals surface area (Å²) < 4.78 is 10.8. The molecule has 6 nitrogen and oxygen atoms in total. The highest BCUT2D eigenvalue weighted by Gasteiger charge is 2.00. The standard InChI is InChI=1S/C19H22N4O2.HI/c1-21-19(23-14-16-5-3-15(13-20)4-6-16)22-11-12-25-18-9-7-17(24-2)8-10-18;/h3-10H,11-12,14H2,1-2H3,(H2,21,22,23);1H. The van der Waals surface area contributed by atoms with Gasteiger partial charge in [-0.05, 0) is 42.0 Å². The van der Waals surface area contributed by atoms with Gasteiger partial charge in [0, 0.05) is 13.6 Å². The highest BCUT2D eigenvalue weighted by Crippen LogP contribution is 2.16. The number of hydrogen-bond donors (Lipinski definition) is 2. The smallest absolute Gasteiger partial charge is 0.191 e. The van der Waals surface area contributed by atoms with Crippen molar-refractivity contribution in [2.24, 2.45) is 4.99 Å². The van der Waals surface area contributed by atoms with Gasteiger partial charge in [0.15, 0.2) is 5.96 Å². The maximum Gasteiger partial charge on any atom is 0.191 e. The number of guanidine groups is 1. The number of ether oxygens (including phenoxy) is 2. The summed E-state index contributed by atoms with van der Waals surface area (Å²) in [6.45, 7) is 1.77. The van der Waals surface area contributed by atoms with Crippen molar-refractivity contribution in [2.75, 3.05) is 27.3 Å².